The molecule has 0 aromatic carbocycles. The quantitative estimate of drug-likeness (QED) is 0.158. The Morgan fingerprint density at radius 3 is 2.68 bits per heavy atom. The van der Waals surface area contributed by atoms with Crippen molar-refractivity contribution in [3.63, 3.8) is 0 Å². The predicted octanol–water partition coefficient (Wildman–Crippen LogP) is -0.397. The molecule has 0 amide bonds. The van der Waals surface area contributed by atoms with E-state index in [1.807, 2.05) is 0 Å². The molecule has 0 bridgehead atoms. The summed E-state index contributed by atoms with van der Waals surface area (Å²) in [5, 5.41) is 14.2. The molecule has 2 aliphatic heterocycles. The molecule has 0 radical (unpaired) electrons. The number of fused-ring (bicyclic) bond motifs is 1. The maximum atomic E-state index is 13.1. The van der Waals surface area contributed by atoms with Crippen molar-refractivity contribution in [2.45, 2.75) is 62.4 Å². The van der Waals surface area contributed by atoms with E-state index in [-0.39, 0.29) is 36.4 Å². The summed E-state index contributed by atoms with van der Waals surface area (Å²) in [5.41, 5.74) is 10.9. The number of nitrogens with two attached hydrogens (primary N) is 2. The van der Waals surface area contributed by atoms with Crippen LogP contribution in [0, 0.1) is 6.92 Å². The second-order valence-corrected chi connectivity index (χ2v) is 11.4. The van der Waals surface area contributed by atoms with E-state index < -0.39 is 62.4 Å². The van der Waals surface area contributed by atoms with Gasteiger partial charge in [-0.25, -0.2) is 15.0 Å². The fourth-order valence-electron chi connectivity index (χ4n) is 5.36. The Bertz CT molecular complexity index is 1560. The summed E-state index contributed by atoms with van der Waals surface area (Å²) < 4.78 is 54.7. The largest absolute Gasteiger partial charge is 0.697 e. The number of aliphatic hydroxyl groups is 1. The predicted molar refractivity (Wildman–Crippen MR) is 152 cm³/mol. The Kier molecular flexibility index (Phi) is 9.40. The zero-order chi connectivity index (χ0) is 31.8. The highest BCUT2D eigenvalue weighted by Gasteiger charge is 2.56. The van der Waals surface area contributed by atoms with Crippen molar-refractivity contribution >= 4 is 37.0 Å². The number of ether oxygens (including phenoxy) is 5. The number of nitrogens with one attached hydrogen (secondary N) is 2. The molecule has 240 valence electrons. The smallest absolute Gasteiger partial charge is 0.385 e. The number of imidazole rings is 1. The zero-order valence-electron chi connectivity index (χ0n) is 24.6. The number of rotatable bonds is 12. The van der Waals surface area contributed by atoms with Crippen LogP contribution in [0.25, 0.3) is 11.2 Å². The number of anilines is 3. The van der Waals surface area contributed by atoms with Crippen LogP contribution in [-0.2, 0) is 37.3 Å². The first-order valence-corrected chi connectivity index (χ1v) is 14.5. The summed E-state index contributed by atoms with van der Waals surface area (Å²) in [6.45, 7) is 3.00. The standard InChI is InChI=1S/C24H34N9O10P/c1-10-18(31-23(26)32-20(10)35)30-21-15(38-4)16(39-5)24(2,42-21)7-40-44(36)43-14-11(6-37-3)41-22(13(14)34)33-9-29-12-17(25)27-8-28-19(12)33/h8-9,11,13-16,21-22,34H,6-7H2,1-5H3,(H5-,25,26,27,28,30,31,32,35)/p+1/t11-,13-,14-,15-,16+,21-,22-,24-/m1/s1. The first-order valence-electron chi connectivity index (χ1n) is 13.4. The minimum absolute atomic E-state index is 0.0148. The number of aromatic nitrogens is 6. The van der Waals surface area contributed by atoms with Crippen molar-refractivity contribution in [2.24, 2.45) is 0 Å². The summed E-state index contributed by atoms with van der Waals surface area (Å²) in [7, 11) is 1.56. The van der Waals surface area contributed by atoms with E-state index in [0.717, 1.165) is 0 Å². The zero-order valence-corrected chi connectivity index (χ0v) is 25.5. The monoisotopic (exact) mass is 640 g/mol. The summed E-state index contributed by atoms with van der Waals surface area (Å²) in [4.78, 5) is 31.0. The number of nitrogen functional groups attached to an aromatic ring is 2. The molecule has 2 saturated heterocycles. The maximum Gasteiger partial charge on any atom is 0.697 e. The second kappa shape index (κ2) is 12.9. The third-order valence-electron chi connectivity index (χ3n) is 7.54. The van der Waals surface area contributed by atoms with Crippen molar-refractivity contribution in [2.75, 3.05) is 51.3 Å². The molecule has 3 aromatic rings. The van der Waals surface area contributed by atoms with Crippen LogP contribution in [0.15, 0.2) is 17.4 Å². The van der Waals surface area contributed by atoms with Gasteiger partial charge in [-0.1, -0.05) is 0 Å². The van der Waals surface area contributed by atoms with Crippen LogP contribution in [0.3, 0.4) is 0 Å². The van der Waals surface area contributed by atoms with Crippen LogP contribution in [0.1, 0.15) is 18.7 Å². The van der Waals surface area contributed by atoms with Crippen LogP contribution < -0.4 is 22.3 Å². The van der Waals surface area contributed by atoms with Gasteiger partial charge in [0.05, 0.1) is 18.5 Å². The van der Waals surface area contributed by atoms with Gasteiger partial charge in [0.15, 0.2) is 30.0 Å². The highest BCUT2D eigenvalue weighted by atomic mass is 31.1. The number of methoxy groups -OCH3 is 3. The molecule has 5 rings (SSSR count). The molecule has 2 aliphatic rings. The second-order valence-electron chi connectivity index (χ2n) is 10.4. The Morgan fingerprint density at radius 2 is 1.98 bits per heavy atom. The molecule has 0 saturated carbocycles. The topological polar surface area (TPSA) is 255 Å². The van der Waals surface area contributed by atoms with Crippen molar-refractivity contribution in [1.29, 1.82) is 0 Å². The minimum Gasteiger partial charge on any atom is -0.385 e. The lowest BCUT2D eigenvalue weighted by Crippen LogP contribution is -2.46. The number of nitrogens with zero attached hydrogens (tertiary/aromatic N) is 5. The van der Waals surface area contributed by atoms with Crippen LogP contribution in [-0.4, -0.2) is 111 Å². The average Bonchev–Trinajstić information content (AvgIpc) is 3.63. The summed E-state index contributed by atoms with van der Waals surface area (Å²) in [6, 6.07) is 0. The van der Waals surface area contributed by atoms with E-state index in [9.17, 15) is 14.5 Å². The first kappa shape index (κ1) is 32.0. The maximum absolute atomic E-state index is 13.1. The third-order valence-corrected chi connectivity index (χ3v) is 8.29. The summed E-state index contributed by atoms with van der Waals surface area (Å²) in [5.74, 6) is 0.280. The Labute approximate surface area is 251 Å². The molecular formula is C24H35N9O10P+. The summed E-state index contributed by atoms with van der Waals surface area (Å²) in [6.07, 6.45) is -3.88. The van der Waals surface area contributed by atoms with E-state index in [1.165, 1.54) is 38.6 Å². The molecular weight excluding hydrogens is 605 g/mol. The van der Waals surface area contributed by atoms with Gasteiger partial charge in [0, 0.05) is 25.9 Å². The van der Waals surface area contributed by atoms with E-state index in [2.05, 4.69) is 30.2 Å². The van der Waals surface area contributed by atoms with E-state index in [4.69, 9.17) is 44.2 Å². The SMILES string of the molecule is COC[C@H]1O[C@@H](n2cnc3c(N)ncnc32)[C@H](O)[C@@H]1O[P+](=O)OC[C@@]1(C)O[C@@H](Nc2nc(N)[nH]c(=O)c2C)[C@H](OC)[C@@H]1OC. The van der Waals surface area contributed by atoms with E-state index in [0.29, 0.717) is 11.2 Å². The highest BCUT2D eigenvalue weighted by Crippen LogP contribution is 2.42. The Morgan fingerprint density at radius 1 is 1.20 bits per heavy atom. The summed E-state index contributed by atoms with van der Waals surface area (Å²) >= 11 is 0. The van der Waals surface area contributed by atoms with Gasteiger partial charge in [-0.2, -0.15) is 4.98 Å². The van der Waals surface area contributed by atoms with Crippen LogP contribution in [0.5, 0.6) is 0 Å². The molecule has 44 heavy (non-hydrogen) atoms. The number of aromatic amines is 1. The lowest BCUT2D eigenvalue weighted by Gasteiger charge is -2.27. The fraction of sp³-hybridized carbons (Fsp3) is 0.625. The Hall–Kier alpha value is -3.39. The highest BCUT2D eigenvalue weighted by molar-refractivity contribution is 7.33. The lowest BCUT2D eigenvalue weighted by atomic mass is 9.98. The van der Waals surface area contributed by atoms with Crippen molar-refractivity contribution in [3.8, 4) is 0 Å². The fourth-order valence-corrected chi connectivity index (χ4v) is 6.24. The van der Waals surface area contributed by atoms with Gasteiger partial charge in [0.25, 0.3) is 5.56 Å². The van der Waals surface area contributed by atoms with Gasteiger partial charge >= 0.3 is 8.25 Å². The number of H-pyrrole nitrogens is 1. The van der Waals surface area contributed by atoms with E-state index >= 15 is 0 Å². The van der Waals surface area contributed by atoms with Crippen molar-refractivity contribution in [1.82, 2.24) is 29.5 Å². The van der Waals surface area contributed by atoms with Gasteiger partial charge < -0.3 is 45.6 Å². The van der Waals surface area contributed by atoms with Crippen molar-refractivity contribution < 1.29 is 42.4 Å². The van der Waals surface area contributed by atoms with Gasteiger partial charge in [0.2, 0.25) is 5.95 Å². The van der Waals surface area contributed by atoms with Crippen LogP contribution in [0.2, 0.25) is 0 Å². The molecule has 5 heterocycles. The molecule has 2 fully saturated rings. The molecule has 7 N–H and O–H groups in total. The molecule has 3 aromatic heterocycles. The molecule has 0 aliphatic carbocycles. The molecule has 19 nitrogen and oxygen atoms in total. The van der Waals surface area contributed by atoms with Gasteiger partial charge in [-0.3, -0.25) is 14.3 Å². The van der Waals surface area contributed by atoms with Gasteiger partial charge in [0.1, 0.15) is 54.3 Å². The van der Waals surface area contributed by atoms with Crippen molar-refractivity contribution in [3.05, 3.63) is 28.6 Å². The Balaban J connectivity index is 1.28. The first-order chi connectivity index (χ1) is 21.0. The van der Waals surface area contributed by atoms with Gasteiger partial charge in [-0.15, -0.1) is 9.05 Å². The third kappa shape index (κ3) is 5.97. The number of hydrogen-bond acceptors (Lipinski definition) is 17. The molecule has 1 unspecified atom stereocenters. The average molecular weight is 641 g/mol. The van der Waals surface area contributed by atoms with Gasteiger partial charge in [-0.05, 0) is 13.8 Å². The molecule has 9 atom stereocenters. The van der Waals surface area contributed by atoms with E-state index in [1.54, 1.807) is 13.8 Å². The molecule has 0 spiro atoms. The number of aliphatic hydroxyl groups excluding tert-OH is 1. The molecule has 20 heteroatoms. The van der Waals surface area contributed by atoms with Crippen LogP contribution in [0.4, 0.5) is 17.6 Å². The normalized spacial score (nSPS) is 30.7. The minimum atomic E-state index is -2.83. The number of hydrogen-bond donors (Lipinski definition) is 5. The lowest BCUT2D eigenvalue weighted by molar-refractivity contribution is -0.103. The van der Waals surface area contributed by atoms with Crippen LogP contribution >= 0.6 is 8.25 Å².